The molecular formula is C11H20N4O2. The summed E-state index contributed by atoms with van der Waals surface area (Å²) in [6, 6.07) is 0. The van der Waals surface area contributed by atoms with E-state index >= 15 is 0 Å². The first kappa shape index (κ1) is 13.6. The molecule has 1 aromatic rings. The van der Waals surface area contributed by atoms with Crippen LogP contribution in [0.5, 0.6) is 0 Å². The van der Waals surface area contributed by atoms with Crippen LogP contribution < -0.4 is 5.32 Å². The summed E-state index contributed by atoms with van der Waals surface area (Å²) in [6.07, 6.45) is 1.98. The van der Waals surface area contributed by atoms with E-state index in [0.717, 1.165) is 6.42 Å². The van der Waals surface area contributed by atoms with Crippen molar-refractivity contribution >= 4 is 11.9 Å². The van der Waals surface area contributed by atoms with Gasteiger partial charge in [0.1, 0.15) is 12.4 Å². The molecule has 0 bridgehead atoms. The number of carbonyl (C=O) groups excluding carboxylic acids is 1. The summed E-state index contributed by atoms with van der Waals surface area (Å²) >= 11 is 0. The fourth-order valence-electron chi connectivity index (χ4n) is 1.16. The molecule has 0 spiro atoms. The third-order valence-corrected chi connectivity index (χ3v) is 2.27. The molecular weight excluding hydrogens is 220 g/mol. The van der Waals surface area contributed by atoms with Crippen molar-refractivity contribution in [2.24, 2.45) is 13.0 Å². The van der Waals surface area contributed by atoms with Gasteiger partial charge in [0, 0.05) is 13.7 Å². The number of anilines is 1. The van der Waals surface area contributed by atoms with Gasteiger partial charge in [-0.05, 0) is 19.3 Å². The van der Waals surface area contributed by atoms with E-state index < -0.39 is 6.10 Å². The van der Waals surface area contributed by atoms with E-state index in [-0.39, 0.29) is 5.91 Å². The van der Waals surface area contributed by atoms with Gasteiger partial charge in [-0.25, -0.2) is 4.98 Å². The van der Waals surface area contributed by atoms with Crippen molar-refractivity contribution in [2.75, 3.05) is 11.9 Å². The summed E-state index contributed by atoms with van der Waals surface area (Å²) in [5.41, 5.74) is 0. The maximum atomic E-state index is 11.7. The van der Waals surface area contributed by atoms with Gasteiger partial charge in [-0.2, -0.15) is 0 Å². The molecule has 0 radical (unpaired) electrons. The molecule has 0 saturated carbocycles. The van der Waals surface area contributed by atoms with E-state index in [1.54, 1.807) is 14.0 Å². The summed E-state index contributed by atoms with van der Waals surface area (Å²) in [6.45, 7) is 6.54. The topological polar surface area (TPSA) is 69.0 Å². The Labute approximate surface area is 101 Å². The molecule has 1 rings (SSSR count). The molecule has 0 saturated heterocycles. The van der Waals surface area contributed by atoms with Gasteiger partial charge in [0.05, 0.1) is 0 Å². The van der Waals surface area contributed by atoms with Crippen LogP contribution in [0.2, 0.25) is 0 Å². The molecule has 1 atom stereocenters. The Bertz CT molecular complexity index is 362. The summed E-state index contributed by atoms with van der Waals surface area (Å²) in [5, 5.41) is 6.55. The molecule has 0 fully saturated rings. The summed E-state index contributed by atoms with van der Waals surface area (Å²) in [7, 11) is 1.74. The van der Waals surface area contributed by atoms with E-state index in [9.17, 15) is 4.79 Å². The van der Waals surface area contributed by atoms with Gasteiger partial charge in [0.2, 0.25) is 5.95 Å². The van der Waals surface area contributed by atoms with E-state index in [2.05, 4.69) is 29.2 Å². The zero-order valence-electron chi connectivity index (χ0n) is 10.8. The second kappa shape index (κ2) is 6.34. The number of amides is 1. The molecule has 1 amide bonds. The number of ether oxygens (including phenoxy) is 1. The number of nitrogens with zero attached hydrogens (tertiary/aromatic N) is 3. The smallest absolute Gasteiger partial charge is 0.255 e. The molecule has 1 aromatic heterocycles. The fraction of sp³-hybridized carbons (Fsp3) is 0.727. The minimum absolute atomic E-state index is 0.222. The van der Waals surface area contributed by atoms with Crippen molar-refractivity contribution in [2.45, 2.75) is 33.3 Å². The fourth-order valence-corrected chi connectivity index (χ4v) is 1.16. The highest BCUT2D eigenvalue weighted by atomic mass is 16.5. The van der Waals surface area contributed by atoms with Crippen LogP contribution in [0.1, 0.15) is 27.2 Å². The van der Waals surface area contributed by atoms with Gasteiger partial charge < -0.3 is 4.74 Å². The number of hydrogen-bond donors (Lipinski definition) is 1. The molecule has 6 heteroatoms. The molecule has 1 unspecified atom stereocenters. The average molecular weight is 240 g/mol. The van der Waals surface area contributed by atoms with E-state index in [0.29, 0.717) is 18.5 Å². The first-order valence-electron chi connectivity index (χ1n) is 5.77. The molecule has 1 N–H and O–H groups in total. The van der Waals surface area contributed by atoms with Gasteiger partial charge >= 0.3 is 0 Å². The number of nitrogens with one attached hydrogen (secondary N) is 1. The zero-order valence-corrected chi connectivity index (χ0v) is 10.8. The Hall–Kier alpha value is -1.43. The van der Waals surface area contributed by atoms with Gasteiger partial charge in [0.25, 0.3) is 5.91 Å². The van der Waals surface area contributed by atoms with E-state index in [4.69, 9.17) is 4.74 Å². The van der Waals surface area contributed by atoms with Gasteiger partial charge in [0.15, 0.2) is 0 Å². The Morgan fingerprint density at radius 2 is 2.24 bits per heavy atom. The third kappa shape index (κ3) is 4.95. The number of aromatic nitrogens is 3. The lowest BCUT2D eigenvalue weighted by atomic mass is 10.1. The SMILES string of the molecule is CC(C)CCOC(C)C(=O)Nc1ncn(C)n1. The quantitative estimate of drug-likeness (QED) is 0.811. The maximum Gasteiger partial charge on any atom is 0.255 e. The van der Waals surface area contributed by atoms with Crippen molar-refractivity contribution in [3.63, 3.8) is 0 Å². The van der Waals surface area contributed by atoms with Crippen LogP contribution in [0.25, 0.3) is 0 Å². The third-order valence-electron chi connectivity index (χ3n) is 2.27. The Balaban J connectivity index is 2.32. The van der Waals surface area contributed by atoms with Gasteiger partial charge in [-0.3, -0.25) is 14.8 Å². The first-order valence-corrected chi connectivity index (χ1v) is 5.77. The van der Waals surface area contributed by atoms with E-state index in [1.807, 2.05) is 0 Å². The second-order valence-corrected chi connectivity index (χ2v) is 4.43. The van der Waals surface area contributed by atoms with Crippen LogP contribution in [0, 0.1) is 5.92 Å². The molecule has 0 aromatic carbocycles. The minimum Gasteiger partial charge on any atom is -0.369 e. The van der Waals surface area contributed by atoms with Gasteiger partial charge in [-0.1, -0.05) is 13.8 Å². The number of carbonyl (C=O) groups is 1. The predicted molar refractivity (Wildman–Crippen MR) is 64.5 cm³/mol. The number of rotatable bonds is 6. The standard InChI is InChI=1S/C11H20N4O2/c1-8(2)5-6-17-9(3)10(16)13-11-12-7-15(4)14-11/h7-9H,5-6H2,1-4H3,(H,13,14,16). The van der Waals surface area contributed by atoms with Gasteiger partial charge in [-0.15, -0.1) is 5.10 Å². The number of aryl methyl sites for hydroxylation is 1. The number of hydrogen-bond acceptors (Lipinski definition) is 4. The average Bonchev–Trinajstić information content (AvgIpc) is 2.63. The van der Waals surface area contributed by atoms with Crippen LogP contribution in [-0.4, -0.2) is 33.4 Å². The van der Waals surface area contributed by atoms with Crippen LogP contribution >= 0.6 is 0 Å². The van der Waals surface area contributed by atoms with Crippen molar-refractivity contribution < 1.29 is 9.53 Å². The minimum atomic E-state index is -0.488. The predicted octanol–water partition coefficient (Wildman–Crippen LogP) is 1.20. The van der Waals surface area contributed by atoms with Crippen LogP contribution in [0.15, 0.2) is 6.33 Å². The zero-order chi connectivity index (χ0) is 12.8. The lowest BCUT2D eigenvalue weighted by molar-refractivity contribution is -0.126. The summed E-state index contributed by atoms with van der Waals surface area (Å²) < 4.78 is 6.95. The van der Waals surface area contributed by atoms with Crippen LogP contribution in [0.4, 0.5) is 5.95 Å². The first-order chi connectivity index (χ1) is 7.99. The molecule has 6 nitrogen and oxygen atoms in total. The maximum absolute atomic E-state index is 11.7. The summed E-state index contributed by atoms with van der Waals surface area (Å²) in [4.78, 5) is 15.6. The Morgan fingerprint density at radius 1 is 1.53 bits per heavy atom. The van der Waals surface area contributed by atoms with Crippen molar-refractivity contribution in [3.8, 4) is 0 Å². The highest BCUT2D eigenvalue weighted by Crippen LogP contribution is 2.03. The summed E-state index contributed by atoms with van der Waals surface area (Å²) in [5.74, 6) is 0.652. The highest BCUT2D eigenvalue weighted by Gasteiger charge is 2.15. The molecule has 0 aliphatic rings. The lowest BCUT2D eigenvalue weighted by Gasteiger charge is -2.12. The molecule has 0 aliphatic carbocycles. The Kier molecular flexibility index (Phi) is 5.09. The van der Waals surface area contributed by atoms with Crippen LogP contribution in [0.3, 0.4) is 0 Å². The molecule has 17 heavy (non-hydrogen) atoms. The van der Waals surface area contributed by atoms with Crippen molar-refractivity contribution in [1.29, 1.82) is 0 Å². The lowest BCUT2D eigenvalue weighted by Crippen LogP contribution is -2.28. The second-order valence-electron chi connectivity index (χ2n) is 4.43. The largest absolute Gasteiger partial charge is 0.369 e. The molecule has 1 heterocycles. The normalized spacial score (nSPS) is 12.8. The Morgan fingerprint density at radius 3 is 2.76 bits per heavy atom. The monoisotopic (exact) mass is 240 g/mol. The van der Waals surface area contributed by atoms with Crippen molar-refractivity contribution in [3.05, 3.63) is 6.33 Å². The molecule has 96 valence electrons. The van der Waals surface area contributed by atoms with Crippen molar-refractivity contribution in [1.82, 2.24) is 14.8 Å². The highest BCUT2D eigenvalue weighted by molar-refractivity contribution is 5.92. The molecule has 0 aliphatic heterocycles. The van der Waals surface area contributed by atoms with E-state index in [1.165, 1.54) is 11.0 Å². The van der Waals surface area contributed by atoms with Crippen LogP contribution in [-0.2, 0) is 16.6 Å².